The largest absolute Gasteiger partial charge is 0.395 e. The van der Waals surface area contributed by atoms with Gasteiger partial charge in [0.25, 0.3) is 0 Å². The van der Waals surface area contributed by atoms with Gasteiger partial charge in [0.1, 0.15) is 0 Å². The van der Waals surface area contributed by atoms with Crippen molar-refractivity contribution < 1.29 is 13.6 Å². The maximum atomic E-state index is 5.71. The average molecular weight is 251 g/mol. The van der Waals surface area contributed by atoms with E-state index >= 15 is 0 Å². The molecule has 0 radical (unpaired) electrons. The standard InChI is InChI=1S/C10H24O3Si.CH5N/c1-5-11-9-8-10-14(4,12-6-2)13-7-3;1-2/h5-10H2,1-4H3;2H2,1H3. The summed E-state index contributed by atoms with van der Waals surface area (Å²) >= 11 is 0. The van der Waals surface area contributed by atoms with Crippen LogP contribution in [0.5, 0.6) is 0 Å². The lowest BCUT2D eigenvalue weighted by molar-refractivity contribution is 0.140. The zero-order chi connectivity index (χ0) is 12.9. The highest BCUT2D eigenvalue weighted by atomic mass is 28.4. The Balaban J connectivity index is 0. The van der Waals surface area contributed by atoms with Gasteiger partial charge in [0, 0.05) is 26.4 Å². The molecule has 0 heterocycles. The number of rotatable bonds is 9. The molecule has 16 heavy (non-hydrogen) atoms. The lowest BCUT2D eigenvalue weighted by Gasteiger charge is -2.25. The second kappa shape index (κ2) is 13.1. The Hall–Kier alpha value is 0.0569. The minimum Gasteiger partial charge on any atom is -0.395 e. The van der Waals surface area contributed by atoms with Crippen molar-refractivity contribution >= 4 is 8.56 Å². The van der Waals surface area contributed by atoms with Crippen molar-refractivity contribution in [2.45, 2.75) is 39.8 Å². The van der Waals surface area contributed by atoms with E-state index in [1.54, 1.807) is 0 Å². The van der Waals surface area contributed by atoms with Gasteiger partial charge in [-0.05, 0) is 46.8 Å². The minimum absolute atomic E-state index is 0.747. The van der Waals surface area contributed by atoms with Crippen molar-refractivity contribution in [3.05, 3.63) is 0 Å². The Bertz CT molecular complexity index is 130. The Kier molecular flexibility index (Phi) is 15.1. The monoisotopic (exact) mass is 251 g/mol. The predicted molar refractivity (Wildman–Crippen MR) is 70.9 cm³/mol. The van der Waals surface area contributed by atoms with Crippen molar-refractivity contribution in [2.24, 2.45) is 5.73 Å². The molecule has 0 rings (SSSR count). The zero-order valence-corrected chi connectivity index (χ0v) is 12.5. The van der Waals surface area contributed by atoms with Crippen LogP contribution in [0.3, 0.4) is 0 Å². The molecule has 0 bridgehead atoms. The summed E-state index contributed by atoms with van der Waals surface area (Å²) in [5.74, 6) is 0. The third-order valence-electron chi connectivity index (χ3n) is 2.02. The highest BCUT2D eigenvalue weighted by Crippen LogP contribution is 2.15. The number of hydrogen-bond acceptors (Lipinski definition) is 4. The molecule has 0 aliphatic rings. The lowest BCUT2D eigenvalue weighted by Crippen LogP contribution is -2.38. The fourth-order valence-corrected chi connectivity index (χ4v) is 3.82. The minimum atomic E-state index is -1.88. The van der Waals surface area contributed by atoms with Gasteiger partial charge in [-0.1, -0.05) is 0 Å². The van der Waals surface area contributed by atoms with Gasteiger partial charge < -0.3 is 19.3 Å². The summed E-state index contributed by atoms with van der Waals surface area (Å²) in [6.45, 7) is 11.3. The third kappa shape index (κ3) is 10.6. The van der Waals surface area contributed by atoms with Crippen LogP contribution in [0.4, 0.5) is 0 Å². The average Bonchev–Trinajstić information content (AvgIpc) is 2.28. The fourth-order valence-electron chi connectivity index (χ4n) is 1.44. The second-order valence-electron chi connectivity index (χ2n) is 3.30. The van der Waals surface area contributed by atoms with E-state index < -0.39 is 8.56 Å². The molecule has 0 fully saturated rings. The first-order valence-electron chi connectivity index (χ1n) is 6.12. The summed E-state index contributed by atoms with van der Waals surface area (Å²) in [5.41, 5.74) is 4.50. The number of nitrogens with two attached hydrogens (primary N) is 1. The molecule has 0 spiro atoms. The van der Waals surface area contributed by atoms with Crippen LogP contribution in [0.1, 0.15) is 27.2 Å². The van der Waals surface area contributed by atoms with Crippen LogP contribution in [0, 0.1) is 0 Å². The quantitative estimate of drug-likeness (QED) is 0.504. The van der Waals surface area contributed by atoms with Crippen molar-refractivity contribution in [3.8, 4) is 0 Å². The fraction of sp³-hybridized carbons (Fsp3) is 1.00. The first-order chi connectivity index (χ1) is 7.68. The van der Waals surface area contributed by atoms with Gasteiger partial charge in [-0.3, -0.25) is 0 Å². The summed E-state index contributed by atoms with van der Waals surface area (Å²) in [5, 5.41) is 0. The van der Waals surface area contributed by atoms with Gasteiger partial charge in [-0.15, -0.1) is 0 Å². The van der Waals surface area contributed by atoms with E-state index in [1.807, 2.05) is 20.8 Å². The van der Waals surface area contributed by atoms with E-state index in [1.165, 1.54) is 7.05 Å². The molecule has 0 aliphatic heterocycles. The molecule has 0 aliphatic carbocycles. The Labute approximate surface area is 102 Å². The third-order valence-corrected chi connectivity index (χ3v) is 5.08. The predicted octanol–water partition coefficient (Wildman–Crippen LogP) is 2.13. The van der Waals surface area contributed by atoms with E-state index in [0.29, 0.717) is 0 Å². The Morgan fingerprint density at radius 2 is 1.44 bits per heavy atom. The van der Waals surface area contributed by atoms with E-state index in [2.05, 4.69) is 12.3 Å². The molecule has 0 saturated heterocycles. The molecule has 100 valence electrons. The first kappa shape index (κ1) is 18.4. The van der Waals surface area contributed by atoms with Crippen LogP contribution in [-0.2, 0) is 13.6 Å². The van der Waals surface area contributed by atoms with Crippen molar-refractivity contribution in [1.82, 2.24) is 0 Å². The van der Waals surface area contributed by atoms with Crippen molar-refractivity contribution in [2.75, 3.05) is 33.5 Å². The summed E-state index contributed by atoms with van der Waals surface area (Å²) < 4.78 is 16.7. The van der Waals surface area contributed by atoms with E-state index in [9.17, 15) is 0 Å². The first-order valence-corrected chi connectivity index (χ1v) is 8.64. The smallest absolute Gasteiger partial charge is 0.334 e. The molecule has 0 aromatic carbocycles. The zero-order valence-electron chi connectivity index (χ0n) is 11.5. The molecule has 0 aromatic rings. The highest BCUT2D eigenvalue weighted by molar-refractivity contribution is 6.66. The molecule has 5 heteroatoms. The van der Waals surface area contributed by atoms with Crippen LogP contribution in [-0.4, -0.2) is 42.0 Å². The Morgan fingerprint density at radius 3 is 1.81 bits per heavy atom. The maximum Gasteiger partial charge on any atom is 0.334 e. The molecular weight excluding hydrogens is 222 g/mol. The SMILES string of the molecule is CCOCCC[Si](C)(OCC)OCC.CN. The molecule has 0 saturated carbocycles. The summed E-state index contributed by atoms with van der Waals surface area (Å²) in [7, 11) is -0.379. The van der Waals surface area contributed by atoms with Gasteiger partial charge in [0.2, 0.25) is 0 Å². The van der Waals surface area contributed by atoms with E-state index in [4.69, 9.17) is 13.6 Å². The summed E-state index contributed by atoms with van der Waals surface area (Å²) in [6, 6.07) is 1.02. The summed E-state index contributed by atoms with van der Waals surface area (Å²) in [6.07, 6.45) is 1.04. The van der Waals surface area contributed by atoms with Gasteiger partial charge in [-0.25, -0.2) is 0 Å². The molecule has 0 atom stereocenters. The molecule has 0 unspecified atom stereocenters. The van der Waals surface area contributed by atoms with Gasteiger partial charge in [0.05, 0.1) is 0 Å². The highest BCUT2D eigenvalue weighted by Gasteiger charge is 2.29. The van der Waals surface area contributed by atoms with Crippen molar-refractivity contribution in [1.29, 1.82) is 0 Å². The number of hydrogen-bond donors (Lipinski definition) is 1. The topological polar surface area (TPSA) is 53.7 Å². The maximum absolute atomic E-state index is 5.71. The van der Waals surface area contributed by atoms with Crippen LogP contribution in [0.25, 0.3) is 0 Å². The van der Waals surface area contributed by atoms with Gasteiger partial charge in [-0.2, -0.15) is 0 Å². The van der Waals surface area contributed by atoms with Crippen LogP contribution < -0.4 is 5.73 Å². The summed E-state index contributed by atoms with van der Waals surface area (Å²) in [4.78, 5) is 0. The van der Waals surface area contributed by atoms with E-state index in [-0.39, 0.29) is 0 Å². The van der Waals surface area contributed by atoms with E-state index in [0.717, 1.165) is 38.9 Å². The van der Waals surface area contributed by atoms with Gasteiger partial charge in [0.15, 0.2) is 0 Å². The molecule has 4 nitrogen and oxygen atoms in total. The van der Waals surface area contributed by atoms with Crippen LogP contribution in [0.15, 0.2) is 0 Å². The Morgan fingerprint density at radius 1 is 0.938 bits per heavy atom. The molecular formula is C11H29NO3Si. The lowest BCUT2D eigenvalue weighted by atomic mass is 10.5. The molecule has 2 N–H and O–H groups in total. The van der Waals surface area contributed by atoms with Crippen LogP contribution in [0.2, 0.25) is 12.6 Å². The van der Waals surface area contributed by atoms with Crippen molar-refractivity contribution in [3.63, 3.8) is 0 Å². The number of ether oxygens (including phenoxy) is 1. The second-order valence-corrected chi connectivity index (χ2v) is 6.65. The normalized spacial score (nSPS) is 10.9. The molecule has 0 aromatic heterocycles. The van der Waals surface area contributed by atoms with Crippen LogP contribution >= 0.6 is 0 Å². The molecule has 0 amide bonds. The van der Waals surface area contributed by atoms with Gasteiger partial charge >= 0.3 is 8.56 Å².